The number of benzene rings is 1. The van der Waals surface area contributed by atoms with Gasteiger partial charge >= 0.3 is 0 Å². The number of thioether (sulfide) groups is 1. The number of hydrogen-bond donors (Lipinski definition) is 2. The summed E-state index contributed by atoms with van der Waals surface area (Å²) >= 11 is 1.56. The molecule has 4 nitrogen and oxygen atoms in total. The fraction of sp³-hybridized carbons (Fsp3) is 0.455. The number of nitrogen functional groups attached to an aromatic ring is 1. The van der Waals surface area contributed by atoms with E-state index in [2.05, 4.69) is 20.8 Å². The van der Waals surface area contributed by atoms with Crippen molar-refractivity contribution in [2.45, 2.75) is 35.8 Å². The van der Waals surface area contributed by atoms with Gasteiger partial charge < -0.3 is 5.73 Å². The fourth-order valence-electron chi connectivity index (χ4n) is 1.13. The highest BCUT2D eigenvalue weighted by molar-refractivity contribution is 8.00. The highest BCUT2D eigenvalue weighted by Crippen LogP contribution is 2.33. The molecule has 6 heteroatoms. The van der Waals surface area contributed by atoms with Gasteiger partial charge in [-0.1, -0.05) is 20.8 Å². The standard InChI is InChI=1S/C11H18N2O2S2/c1-7(2)8(3)16-11-6-9(17(13,14)15)4-5-10(11)12/h4-8H,12H2,1-3H3,(H2,13,14,15). The van der Waals surface area contributed by atoms with E-state index in [0.717, 1.165) is 4.90 Å². The molecular formula is C11H18N2O2S2. The van der Waals surface area contributed by atoms with Crippen molar-refractivity contribution in [3.8, 4) is 0 Å². The monoisotopic (exact) mass is 274 g/mol. The van der Waals surface area contributed by atoms with Crippen LogP contribution >= 0.6 is 11.8 Å². The molecule has 0 fully saturated rings. The van der Waals surface area contributed by atoms with Gasteiger partial charge in [-0.25, -0.2) is 13.6 Å². The predicted molar refractivity (Wildman–Crippen MR) is 72.4 cm³/mol. The second-order valence-electron chi connectivity index (χ2n) is 4.31. The second kappa shape index (κ2) is 5.29. The molecule has 1 aromatic carbocycles. The van der Waals surface area contributed by atoms with Crippen molar-refractivity contribution in [3.63, 3.8) is 0 Å². The molecule has 1 aromatic rings. The zero-order valence-corrected chi connectivity index (χ0v) is 11.8. The first-order chi connectivity index (χ1) is 7.71. The van der Waals surface area contributed by atoms with E-state index in [-0.39, 0.29) is 4.90 Å². The predicted octanol–water partition coefficient (Wildman–Crippen LogP) is 2.05. The minimum Gasteiger partial charge on any atom is -0.398 e. The van der Waals surface area contributed by atoms with E-state index in [1.165, 1.54) is 12.1 Å². The Kier molecular flexibility index (Phi) is 4.46. The number of nitrogens with two attached hydrogens (primary N) is 2. The molecule has 0 aromatic heterocycles. The molecule has 0 aliphatic carbocycles. The normalized spacial score (nSPS) is 13.9. The Bertz CT molecular complexity index is 498. The van der Waals surface area contributed by atoms with Crippen molar-refractivity contribution < 1.29 is 8.42 Å². The van der Waals surface area contributed by atoms with Crippen LogP contribution in [0, 0.1) is 5.92 Å². The number of sulfonamides is 1. The molecule has 17 heavy (non-hydrogen) atoms. The van der Waals surface area contributed by atoms with Gasteiger partial charge in [-0.05, 0) is 24.1 Å². The number of primary sulfonamides is 1. The Labute approximate surface area is 107 Å². The molecule has 0 bridgehead atoms. The van der Waals surface area contributed by atoms with E-state index in [1.807, 2.05) is 0 Å². The average molecular weight is 274 g/mol. The first-order valence-electron chi connectivity index (χ1n) is 5.31. The largest absolute Gasteiger partial charge is 0.398 e. The van der Waals surface area contributed by atoms with E-state index in [4.69, 9.17) is 10.9 Å². The Morgan fingerprint density at radius 3 is 2.29 bits per heavy atom. The molecule has 0 aliphatic rings. The second-order valence-corrected chi connectivity index (χ2v) is 7.29. The van der Waals surface area contributed by atoms with Gasteiger partial charge in [-0.2, -0.15) is 0 Å². The molecule has 1 rings (SSSR count). The third-order valence-electron chi connectivity index (χ3n) is 2.57. The molecular weight excluding hydrogens is 256 g/mol. The quantitative estimate of drug-likeness (QED) is 0.650. The summed E-state index contributed by atoms with van der Waals surface area (Å²) in [7, 11) is -3.67. The van der Waals surface area contributed by atoms with E-state index >= 15 is 0 Å². The third kappa shape index (κ3) is 3.90. The van der Waals surface area contributed by atoms with Gasteiger partial charge in [0.2, 0.25) is 10.0 Å². The van der Waals surface area contributed by atoms with Crippen LogP contribution in [0.2, 0.25) is 0 Å². The van der Waals surface area contributed by atoms with Crippen molar-refractivity contribution in [1.29, 1.82) is 0 Å². The van der Waals surface area contributed by atoms with Gasteiger partial charge in [0.15, 0.2) is 0 Å². The van der Waals surface area contributed by atoms with Gasteiger partial charge in [0.05, 0.1) is 4.90 Å². The highest BCUT2D eigenvalue weighted by atomic mass is 32.2. The highest BCUT2D eigenvalue weighted by Gasteiger charge is 2.14. The minimum absolute atomic E-state index is 0.102. The van der Waals surface area contributed by atoms with Crippen LogP contribution in [0.25, 0.3) is 0 Å². The molecule has 1 atom stereocenters. The van der Waals surface area contributed by atoms with E-state index in [0.29, 0.717) is 16.9 Å². The van der Waals surface area contributed by atoms with E-state index < -0.39 is 10.0 Å². The van der Waals surface area contributed by atoms with Crippen molar-refractivity contribution in [2.24, 2.45) is 11.1 Å². The maximum Gasteiger partial charge on any atom is 0.238 e. The van der Waals surface area contributed by atoms with E-state index in [1.54, 1.807) is 17.8 Å². The molecule has 0 amide bonds. The lowest BCUT2D eigenvalue weighted by atomic mass is 10.2. The van der Waals surface area contributed by atoms with Crippen molar-refractivity contribution >= 4 is 27.5 Å². The lowest BCUT2D eigenvalue weighted by Crippen LogP contribution is -2.13. The Balaban J connectivity index is 3.08. The SMILES string of the molecule is CC(C)C(C)Sc1cc(S(N)(=O)=O)ccc1N. The first-order valence-corrected chi connectivity index (χ1v) is 7.73. The zero-order valence-electron chi connectivity index (χ0n) is 10.2. The summed E-state index contributed by atoms with van der Waals surface area (Å²) in [6.45, 7) is 6.30. The van der Waals surface area contributed by atoms with Crippen LogP contribution in [0.4, 0.5) is 5.69 Å². The lowest BCUT2D eigenvalue weighted by molar-refractivity contribution is 0.597. The van der Waals surface area contributed by atoms with Crippen LogP contribution in [0.5, 0.6) is 0 Å². The summed E-state index contributed by atoms with van der Waals surface area (Å²) in [5.41, 5.74) is 6.40. The molecule has 0 spiro atoms. The Morgan fingerprint density at radius 1 is 1.24 bits per heavy atom. The summed E-state index contributed by atoms with van der Waals surface area (Å²) < 4.78 is 22.5. The minimum atomic E-state index is -3.67. The zero-order chi connectivity index (χ0) is 13.2. The molecule has 0 heterocycles. The Morgan fingerprint density at radius 2 is 1.82 bits per heavy atom. The van der Waals surface area contributed by atoms with Crippen LogP contribution in [0.1, 0.15) is 20.8 Å². The van der Waals surface area contributed by atoms with Crippen molar-refractivity contribution in [2.75, 3.05) is 5.73 Å². The van der Waals surface area contributed by atoms with Crippen LogP contribution in [0.3, 0.4) is 0 Å². The van der Waals surface area contributed by atoms with Gasteiger partial charge in [0.25, 0.3) is 0 Å². The van der Waals surface area contributed by atoms with Crippen LogP contribution in [-0.4, -0.2) is 13.7 Å². The van der Waals surface area contributed by atoms with Gasteiger partial charge in [0.1, 0.15) is 0 Å². The molecule has 0 radical (unpaired) electrons. The van der Waals surface area contributed by atoms with Crippen molar-refractivity contribution in [3.05, 3.63) is 18.2 Å². The van der Waals surface area contributed by atoms with Crippen LogP contribution < -0.4 is 10.9 Å². The number of hydrogen-bond acceptors (Lipinski definition) is 4. The lowest BCUT2D eigenvalue weighted by Gasteiger charge is -2.16. The number of anilines is 1. The molecule has 0 saturated carbocycles. The fourth-order valence-corrected chi connectivity index (χ4v) is 2.82. The molecule has 96 valence electrons. The maximum absolute atomic E-state index is 11.2. The Hall–Kier alpha value is -0.720. The summed E-state index contributed by atoms with van der Waals surface area (Å²) in [6, 6.07) is 4.54. The third-order valence-corrected chi connectivity index (χ3v) is 5.00. The van der Waals surface area contributed by atoms with Crippen LogP contribution in [0.15, 0.2) is 28.0 Å². The summed E-state index contributed by atoms with van der Waals surface area (Å²) in [5.74, 6) is 0.484. The maximum atomic E-state index is 11.2. The number of rotatable bonds is 4. The van der Waals surface area contributed by atoms with Crippen LogP contribution in [-0.2, 0) is 10.0 Å². The molecule has 0 saturated heterocycles. The summed E-state index contributed by atoms with van der Waals surface area (Å²) in [6.07, 6.45) is 0. The van der Waals surface area contributed by atoms with Crippen molar-refractivity contribution in [1.82, 2.24) is 0 Å². The summed E-state index contributed by atoms with van der Waals surface area (Å²) in [5, 5.41) is 5.44. The van der Waals surface area contributed by atoms with E-state index in [9.17, 15) is 8.42 Å². The smallest absolute Gasteiger partial charge is 0.238 e. The molecule has 0 aliphatic heterocycles. The van der Waals surface area contributed by atoms with Gasteiger partial charge in [-0.15, -0.1) is 11.8 Å². The molecule has 1 unspecified atom stereocenters. The molecule has 4 N–H and O–H groups in total. The first kappa shape index (κ1) is 14.3. The van der Waals surface area contributed by atoms with Gasteiger partial charge in [0, 0.05) is 15.8 Å². The average Bonchev–Trinajstić information content (AvgIpc) is 2.19. The summed E-state index contributed by atoms with van der Waals surface area (Å²) in [4.78, 5) is 0.864. The topological polar surface area (TPSA) is 86.2 Å². The van der Waals surface area contributed by atoms with Gasteiger partial charge in [-0.3, -0.25) is 0 Å².